The number of likely N-dealkylation sites (N-methyl/N-ethyl adjacent to an activating group) is 1. The second kappa shape index (κ2) is 6.04. The van der Waals surface area contributed by atoms with Crippen LogP contribution < -0.4 is 10.6 Å². The Kier molecular flexibility index (Phi) is 4.37. The molecular formula is C13H16N4O3S. The summed E-state index contributed by atoms with van der Waals surface area (Å²) in [6.45, 7) is 5.83. The Balaban J connectivity index is 2.40. The molecule has 0 aliphatic carbocycles. The number of aromatic carboxylic acids is 1. The van der Waals surface area contributed by atoms with Crippen molar-refractivity contribution >= 4 is 39.2 Å². The highest BCUT2D eigenvalue weighted by Crippen LogP contribution is 2.33. The van der Waals surface area contributed by atoms with Crippen molar-refractivity contribution < 1.29 is 14.7 Å². The number of aromatic nitrogens is 2. The van der Waals surface area contributed by atoms with Gasteiger partial charge >= 0.3 is 5.97 Å². The lowest BCUT2D eigenvalue weighted by molar-refractivity contribution is -0.121. The highest BCUT2D eigenvalue weighted by atomic mass is 32.1. The lowest BCUT2D eigenvalue weighted by Crippen LogP contribution is -2.37. The number of hydrogen-bond donors (Lipinski definition) is 3. The summed E-state index contributed by atoms with van der Waals surface area (Å²) in [5.74, 6) is -0.658. The molecule has 7 nitrogen and oxygen atoms in total. The monoisotopic (exact) mass is 308 g/mol. The van der Waals surface area contributed by atoms with Crippen molar-refractivity contribution in [2.24, 2.45) is 0 Å². The van der Waals surface area contributed by atoms with Gasteiger partial charge in [0.25, 0.3) is 0 Å². The smallest absolute Gasteiger partial charge is 0.346 e. The molecule has 0 aromatic carbocycles. The molecule has 1 atom stereocenters. The summed E-state index contributed by atoms with van der Waals surface area (Å²) in [5.41, 5.74) is 0.605. The maximum absolute atomic E-state index is 11.8. The zero-order chi connectivity index (χ0) is 15.6. The number of thiophene rings is 1. The fourth-order valence-electron chi connectivity index (χ4n) is 1.98. The molecule has 112 valence electrons. The van der Waals surface area contributed by atoms with Gasteiger partial charge in [0.2, 0.25) is 5.91 Å². The Labute approximate surface area is 125 Å². The van der Waals surface area contributed by atoms with Crippen molar-refractivity contribution in [2.45, 2.75) is 26.8 Å². The summed E-state index contributed by atoms with van der Waals surface area (Å²) < 4.78 is 0. The minimum atomic E-state index is -0.988. The number of anilines is 1. The molecule has 21 heavy (non-hydrogen) atoms. The number of aryl methyl sites for hydroxylation is 1. The largest absolute Gasteiger partial charge is 0.477 e. The van der Waals surface area contributed by atoms with Crippen molar-refractivity contribution in [3.63, 3.8) is 0 Å². The molecule has 8 heteroatoms. The van der Waals surface area contributed by atoms with Gasteiger partial charge in [-0.05, 0) is 26.3 Å². The minimum Gasteiger partial charge on any atom is -0.477 e. The van der Waals surface area contributed by atoms with Crippen LogP contribution in [0.25, 0.3) is 10.2 Å². The van der Waals surface area contributed by atoms with E-state index < -0.39 is 12.0 Å². The van der Waals surface area contributed by atoms with Gasteiger partial charge in [-0.25, -0.2) is 14.8 Å². The van der Waals surface area contributed by atoms with Crippen molar-refractivity contribution in [2.75, 3.05) is 11.9 Å². The van der Waals surface area contributed by atoms with Crippen LogP contribution in [-0.4, -0.2) is 39.5 Å². The maximum Gasteiger partial charge on any atom is 0.346 e. The number of carboxylic acids is 1. The first kappa shape index (κ1) is 15.2. The third-order valence-electron chi connectivity index (χ3n) is 3.02. The number of amides is 1. The van der Waals surface area contributed by atoms with Crippen LogP contribution in [0.2, 0.25) is 0 Å². The van der Waals surface area contributed by atoms with E-state index in [-0.39, 0.29) is 10.8 Å². The average Bonchev–Trinajstić information content (AvgIpc) is 2.77. The third-order valence-corrected chi connectivity index (χ3v) is 4.21. The van der Waals surface area contributed by atoms with Crippen LogP contribution in [0.1, 0.15) is 29.1 Å². The van der Waals surface area contributed by atoms with Crippen LogP contribution in [0, 0.1) is 6.92 Å². The molecule has 0 aliphatic heterocycles. The molecule has 1 unspecified atom stereocenters. The van der Waals surface area contributed by atoms with Crippen molar-refractivity contribution in [1.29, 1.82) is 0 Å². The second-order valence-corrected chi connectivity index (χ2v) is 5.52. The van der Waals surface area contributed by atoms with Crippen molar-refractivity contribution in [3.8, 4) is 0 Å². The number of fused-ring (bicyclic) bond motifs is 1. The third kappa shape index (κ3) is 2.94. The van der Waals surface area contributed by atoms with Crippen LogP contribution in [-0.2, 0) is 4.79 Å². The summed E-state index contributed by atoms with van der Waals surface area (Å²) in [7, 11) is 0. The van der Waals surface area contributed by atoms with E-state index in [1.807, 2.05) is 6.92 Å². The molecule has 1 amide bonds. The van der Waals surface area contributed by atoms with Crippen LogP contribution >= 0.6 is 11.3 Å². The molecule has 0 fully saturated rings. The molecule has 2 aromatic rings. The second-order valence-electron chi connectivity index (χ2n) is 4.52. The van der Waals surface area contributed by atoms with Crippen LogP contribution in [0.3, 0.4) is 0 Å². The quantitative estimate of drug-likeness (QED) is 0.775. The van der Waals surface area contributed by atoms with E-state index in [4.69, 9.17) is 0 Å². The van der Waals surface area contributed by atoms with E-state index >= 15 is 0 Å². The molecule has 0 spiro atoms. The topological polar surface area (TPSA) is 104 Å². The highest BCUT2D eigenvalue weighted by Gasteiger charge is 2.20. The first-order valence-electron chi connectivity index (χ1n) is 6.47. The molecule has 0 saturated carbocycles. The normalized spacial score (nSPS) is 12.1. The van der Waals surface area contributed by atoms with Crippen LogP contribution in [0.5, 0.6) is 0 Å². The molecule has 0 saturated heterocycles. The van der Waals surface area contributed by atoms with Crippen LogP contribution in [0.4, 0.5) is 5.82 Å². The summed E-state index contributed by atoms with van der Waals surface area (Å²) in [5, 5.41) is 15.6. The Bertz CT molecular complexity index is 698. The Morgan fingerprint density at radius 2 is 2.14 bits per heavy atom. The molecule has 0 aliphatic rings. The van der Waals surface area contributed by atoms with E-state index in [0.717, 1.165) is 11.3 Å². The van der Waals surface area contributed by atoms with Gasteiger partial charge < -0.3 is 15.7 Å². The van der Waals surface area contributed by atoms with Gasteiger partial charge in [0, 0.05) is 6.54 Å². The number of carbonyl (C=O) groups is 2. The SMILES string of the molecule is CCNC(=O)C(C)Nc1ncnc2sc(C(=O)O)c(C)c12. The zero-order valence-corrected chi connectivity index (χ0v) is 12.7. The lowest BCUT2D eigenvalue weighted by atomic mass is 10.2. The fraction of sp³-hybridized carbons (Fsp3) is 0.385. The molecular weight excluding hydrogens is 292 g/mol. The van der Waals surface area contributed by atoms with E-state index in [9.17, 15) is 14.7 Å². The van der Waals surface area contributed by atoms with E-state index in [0.29, 0.717) is 28.1 Å². The summed E-state index contributed by atoms with van der Waals surface area (Å²) in [6, 6.07) is -0.476. The summed E-state index contributed by atoms with van der Waals surface area (Å²) in [4.78, 5) is 32.0. The summed E-state index contributed by atoms with van der Waals surface area (Å²) >= 11 is 1.10. The van der Waals surface area contributed by atoms with Gasteiger partial charge in [-0.3, -0.25) is 4.79 Å². The predicted molar refractivity (Wildman–Crippen MR) is 80.9 cm³/mol. The van der Waals surface area contributed by atoms with Crippen molar-refractivity contribution in [1.82, 2.24) is 15.3 Å². The number of carbonyl (C=O) groups excluding carboxylic acids is 1. The standard InChI is InChI=1S/C13H16N4O3S/c1-4-14-11(18)7(3)17-10-8-6(2)9(13(19)20)21-12(8)16-5-15-10/h5,7H,4H2,1-3H3,(H,14,18)(H,19,20)(H,15,16,17). The molecule has 2 rings (SSSR count). The molecule has 0 bridgehead atoms. The number of nitrogens with one attached hydrogen (secondary N) is 2. The zero-order valence-electron chi connectivity index (χ0n) is 11.9. The number of carboxylic acid groups (broad SMARTS) is 1. The van der Waals surface area contributed by atoms with E-state index in [1.165, 1.54) is 6.33 Å². The fourth-order valence-corrected chi connectivity index (χ4v) is 2.97. The van der Waals surface area contributed by atoms with Gasteiger partial charge in [0.15, 0.2) is 0 Å². The first-order valence-corrected chi connectivity index (χ1v) is 7.29. The maximum atomic E-state index is 11.8. The Hall–Kier alpha value is -2.22. The number of rotatable bonds is 5. The first-order chi connectivity index (χ1) is 9.95. The average molecular weight is 308 g/mol. The lowest BCUT2D eigenvalue weighted by Gasteiger charge is -2.14. The van der Waals surface area contributed by atoms with Crippen molar-refractivity contribution in [3.05, 3.63) is 16.8 Å². The predicted octanol–water partition coefficient (Wildman–Crippen LogP) is 1.63. The minimum absolute atomic E-state index is 0.143. The van der Waals surface area contributed by atoms with Gasteiger partial charge in [-0.15, -0.1) is 11.3 Å². The Morgan fingerprint density at radius 3 is 2.76 bits per heavy atom. The van der Waals surface area contributed by atoms with Gasteiger partial charge in [0.1, 0.15) is 27.9 Å². The summed E-state index contributed by atoms with van der Waals surface area (Å²) in [6.07, 6.45) is 1.36. The van der Waals surface area contributed by atoms with Gasteiger partial charge in [-0.2, -0.15) is 0 Å². The van der Waals surface area contributed by atoms with E-state index in [1.54, 1.807) is 13.8 Å². The highest BCUT2D eigenvalue weighted by molar-refractivity contribution is 7.20. The Morgan fingerprint density at radius 1 is 1.43 bits per heavy atom. The van der Waals surface area contributed by atoms with Gasteiger partial charge in [0.05, 0.1) is 5.39 Å². The molecule has 0 radical (unpaired) electrons. The molecule has 2 heterocycles. The molecule has 2 aromatic heterocycles. The van der Waals surface area contributed by atoms with Gasteiger partial charge in [-0.1, -0.05) is 0 Å². The molecule has 3 N–H and O–H groups in total. The van der Waals surface area contributed by atoms with E-state index in [2.05, 4.69) is 20.6 Å². The number of hydrogen-bond acceptors (Lipinski definition) is 6. The van der Waals surface area contributed by atoms with Crippen LogP contribution in [0.15, 0.2) is 6.33 Å². The number of nitrogens with zero attached hydrogens (tertiary/aromatic N) is 2.